The van der Waals surface area contributed by atoms with Crippen molar-refractivity contribution in [3.05, 3.63) is 0 Å². The van der Waals surface area contributed by atoms with E-state index in [1.165, 1.54) is 11.5 Å². The van der Waals surface area contributed by atoms with Gasteiger partial charge in [0.25, 0.3) is 0 Å². The first-order chi connectivity index (χ1) is 4.36. The average Bonchev–Trinajstić information content (AvgIpc) is 2.22. The van der Waals surface area contributed by atoms with E-state index >= 15 is 0 Å². The van der Waals surface area contributed by atoms with Crippen molar-refractivity contribution in [2.24, 2.45) is 11.8 Å². The highest BCUT2D eigenvalue weighted by Crippen LogP contribution is 2.41. The van der Waals surface area contributed by atoms with Gasteiger partial charge in [0.1, 0.15) is 0 Å². The van der Waals surface area contributed by atoms with Crippen LogP contribution in [-0.4, -0.2) is 22.7 Å². The zero-order valence-corrected chi connectivity index (χ0v) is 6.23. The Bertz CT molecular complexity index is 103. The Kier molecular flexibility index (Phi) is 1.46. The topological polar surface area (TPSA) is 20.2 Å². The Morgan fingerprint density at radius 1 is 1.11 bits per heavy atom. The monoisotopic (exact) mass is 144 g/mol. The third kappa shape index (κ3) is 0.987. The second-order valence-corrected chi connectivity index (χ2v) is 4.26. The van der Waals surface area contributed by atoms with E-state index in [-0.39, 0.29) is 6.10 Å². The van der Waals surface area contributed by atoms with Crippen LogP contribution < -0.4 is 0 Å². The second-order valence-electron chi connectivity index (χ2n) is 3.18. The van der Waals surface area contributed by atoms with Crippen molar-refractivity contribution in [3.8, 4) is 0 Å². The summed E-state index contributed by atoms with van der Waals surface area (Å²) in [7, 11) is 0. The first-order valence-electron chi connectivity index (χ1n) is 3.62. The number of fused-ring (bicyclic) bond motifs is 1. The highest BCUT2D eigenvalue weighted by atomic mass is 32.2. The third-order valence-corrected chi connectivity index (χ3v) is 3.81. The number of aliphatic hydroxyl groups excluding tert-OH is 1. The molecule has 0 bridgehead atoms. The summed E-state index contributed by atoms with van der Waals surface area (Å²) in [6, 6.07) is 0. The van der Waals surface area contributed by atoms with E-state index in [2.05, 4.69) is 11.8 Å². The molecule has 9 heavy (non-hydrogen) atoms. The summed E-state index contributed by atoms with van der Waals surface area (Å²) in [5.74, 6) is 4.35. The summed E-state index contributed by atoms with van der Waals surface area (Å²) in [4.78, 5) is 0. The smallest absolute Gasteiger partial charge is 0.0546 e. The third-order valence-electron chi connectivity index (χ3n) is 2.48. The van der Waals surface area contributed by atoms with Crippen molar-refractivity contribution in [2.75, 3.05) is 11.5 Å². The maximum absolute atomic E-state index is 9.23. The van der Waals surface area contributed by atoms with Crippen LogP contribution in [0.25, 0.3) is 0 Å². The van der Waals surface area contributed by atoms with Gasteiger partial charge in [-0.3, -0.25) is 0 Å². The van der Waals surface area contributed by atoms with Crippen LogP contribution in [0.4, 0.5) is 0 Å². The van der Waals surface area contributed by atoms with Crippen LogP contribution >= 0.6 is 11.8 Å². The van der Waals surface area contributed by atoms with Crippen molar-refractivity contribution in [1.29, 1.82) is 0 Å². The van der Waals surface area contributed by atoms with Crippen LogP contribution in [0.3, 0.4) is 0 Å². The maximum Gasteiger partial charge on any atom is 0.0546 e. The van der Waals surface area contributed by atoms with E-state index in [1.54, 1.807) is 0 Å². The minimum Gasteiger partial charge on any atom is -0.393 e. The lowest BCUT2D eigenvalue weighted by molar-refractivity contribution is 0.176. The summed E-state index contributed by atoms with van der Waals surface area (Å²) >= 11 is 2.06. The molecule has 0 spiro atoms. The molecule has 1 aliphatic heterocycles. The molecule has 2 aliphatic rings. The molecule has 52 valence electrons. The van der Waals surface area contributed by atoms with Crippen LogP contribution in [0.15, 0.2) is 0 Å². The van der Waals surface area contributed by atoms with Gasteiger partial charge in [-0.15, -0.1) is 0 Å². The Balaban J connectivity index is 2.02. The zero-order valence-electron chi connectivity index (χ0n) is 5.42. The Hall–Kier alpha value is 0.310. The number of hydrogen-bond acceptors (Lipinski definition) is 2. The molecule has 2 atom stereocenters. The fraction of sp³-hybridized carbons (Fsp3) is 1.00. The zero-order chi connectivity index (χ0) is 6.27. The van der Waals surface area contributed by atoms with E-state index in [1.807, 2.05) is 0 Å². The summed E-state index contributed by atoms with van der Waals surface area (Å²) in [5, 5.41) is 9.23. The van der Waals surface area contributed by atoms with Crippen LogP contribution in [0.2, 0.25) is 0 Å². The first-order valence-corrected chi connectivity index (χ1v) is 4.77. The molecule has 1 aliphatic carbocycles. The molecule has 1 saturated carbocycles. The number of aliphatic hydroxyl groups is 1. The van der Waals surface area contributed by atoms with Gasteiger partial charge in [-0.25, -0.2) is 0 Å². The van der Waals surface area contributed by atoms with Gasteiger partial charge >= 0.3 is 0 Å². The van der Waals surface area contributed by atoms with E-state index in [0.29, 0.717) is 0 Å². The van der Waals surface area contributed by atoms with E-state index in [0.717, 1.165) is 24.7 Å². The van der Waals surface area contributed by atoms with Gasteiger partial charge in [-0.1, -0.05) is 0 Å². The largest absolute Gasteiger partial charge is 0.393 e. The SMILES string of the molecule is OC1CC2CSCC2C1. The molecule has 2 heteroatoms. The molecule has 0 aromatic heterocycles. The molecule has 1 saturated heterocycles. The minimum absolute atomic E-state index is 0.0425. The lowest BCUT2D eigenvalue weighted by atomic mass is 10.0. The van der Waals surface area contributed by atoms with Gasteiger partial charge in [-0.05, 0) is 36.2 Å². The summed E-state index contributed by atoms with van der Waals surface area (Å²) in [6.45, 7) is 0. The van der Waals surface area contributed by atoms with Gasteiger partial charge in [-0.2, -0.15) is 11.8 Å². The van der Waals surface area contributed by atoms with Crippen molar-refractivity contribution < 1.29 is 5.11 Å². The second kappa shape index (κ2) is 2.17. The van der Waals surface area contributed by atoms with Crippen LogP contribution in [0, 0.1) is 11.8 Å². The molecule has 0 aromatic rings. The normalized spacial score (nSPS) is 49.7. The molecule has 1 nitrogen and oxygen atoms in total. The van der Waals surface area contributed by atoms with Gasteiger partial charge in [0.2, 0.25) is 0 Å². The van der Waals surface area contributed by atoms with Gasteiger partial charge in [0.15, 0.2) is 0 Å². The van der Waals surface area contributed by atoms with Crippen molar-refractivity contribution in [2.45, 2.75) is 18.9 Å². The Morgan fingerprint density at radius 3 is 2.22 bits per heavy atom. The summed E-state index contributed by atoms with van der Waals surface area (Å²) in [6.07, 6.45) is 2.20. The predicted octanol–water partition coefficient (Wildman–Crippen LogP) is 1.12. The molecular formula is C7H12OS. The molecular weight excluding hydrogens is 132 g/mol. The molecule has 0 amide bonds. The van der Waals surface area contributed by atoms with E-state index in [9.17, 15) is 5.11 Å². The standard InChI is InChI=1S/C7H12OS/c8-7-1-5-3-9-4-6(5)2-7/h5-8H,1-4H2. The number of hydrogen-bond donors (Lipinski definition) is 1. The quantitative estimate of drug-likeness (QED) is 0.550. The molecule has 0 radical (unpaired) electrons. The van der Waals surface area contributed by atoms with Crippen LogP contribution in [0.5, 0.6) is 0 Å². The average molecular weight is 144 g/mol. The molecule has 1 heterocycles. The van der Waals surface area contributed by atoms with Crippen molar-refractivity contribution in [3.63, 3.8) is 0 Å². The summed E-state index contributed by atoms with van der Waals surface area (Å²) in [5.41, 5.74) is 0. The highest BCUT2D eigenvalue weighted by molar-refractivity contribution is 7.99. The van der Waals surface area contributed by atoms with E-state index in [4.69, 9.17) is 0 Å². The number of rotatable bonds is 0. The fourth-order valence-electron chi connectivity index (χ4n) is 1.96. The molecule has 0 aromatic carbocycles. The van der Waals surface area contributed by atoms with Crippen molar-refractivity contribution in [1.82, 2.24) is 0 Å². The lowest BCUT2D eigenvalue weighted by Gasteiger charge is -2.02. The first kappa shape index (κ1) is 6.05. The Morgan fingerprint density at radius 2 is 1.67 bits per heavy atom. The van der Waals surface area contributed by atoms with Gasteiger partial charge < -0.3 is 5.11 Å². The maximum atomic E-state index is 9.23. The van der Waals surface area contributed by atoms with Crippen molar-refractivity contribution >= 4 is 11.8 Å². The fourth-order valence-corrected chi connectivity index (χ4v) is 3.52. The van der Waals surface area contributed by atoms with Crippen LogP contribution in [0.1, 0.15) is 12.8 Å². The van der Waals surface area contributed by atoms with Gasteiger partial charge in [0, 0.05) is 0 Å². The van der Waals surface area contributed by atoms with Gasteiger partial charge in [0.05, 0.1) is 6.10 Å². The van der Waals surface area contributed by atoms with E-state index < -0.39 is 0 Å². The molecule has 1 N–H and O–H groups in total. The summed E-state index contributed by atoms with van der Waals surface area (Å²) < 4.78 is 0. The lowest BCUT2D eigenvalue weighted by Crippen LogP contribution is -2.01. The molecule has 2 fully saturated rings. The number of thioether (sulfide) groups is 1. The predicted molar refractivity (Wildman–Crippen MR) is 39.5 cm³/mol. The molecule has 2 unspecified atom stereocenters. The van der Waals surface area contributed by atoms with Crippen LogP contribution in [-0.2, 0) is 0 Å². The highest BCUT2D eigenvalue weighted by Gasteiger charge is 2.36. The Labute approximate surface area is 59.8 Å². The minimum atomic E-state index is 0.0425. The molecule has 2 rings (SSSR count).